The molecule has 0 heterocycles. The maximum atomic E-state index is 9.54. The van der Waals surface area contributed by atoms with Gasteiger partial charge in [-0.25, -0.2) is 0 Å². The van der Waals surface area contributed by atoms with E-state index in [1.807, 2.05) is 6.07 Å². The molecule has 18 heavy (non-hydrogen) atoms. The highest BCUT2D eigenvalue weighted by Gasteiger charge is 2.28. The second-order valence-corrected chi connectivity index (χ2v) is 4.98. The third-order valence-corrected chi connectivity index (χ3v) is 3.79. The van der Waals surface area contributed by atoms with E-state index in [-0.39, 0.29) is 12.6 Å². The Balaban J connectivity index is 2.29. The van der Waals surface area contributed by atoms with Gasteiger partial charge in [0.15, 0.2) is 0 Å². The number of nitrogens with one attached hydrogen (secondary N) is 1. The van der Waals surface area contributed by atoms with Crippen LogP contribution in [0.2, 0.25) is 0 Å². The second kappa shape index (κ2) is 6.21. The van der Waals surface area contributed by atoms with Crippen molar-refractivity contribution in [2.45, 2.75) is 32.2 Å². The minimum atomic E-state index is 0.248. The molecule has 0 aromatic heterocycles. The molecule has 2 atom stereocenters. The lowest BCUT2D eigenvalue weighted by Gasteiger charge is -2.33. The van der Waals surface area contributed by atoms with Gasteiger partial charge in [0, 0.05) is 18.6 Å². The molecule has 0 fully saturated rings. The fourth-order valence-electron chi connectivity index (χ4n) is 2.75. The standard InChI is InChI=1S/C15H23NO2/c1-3-8-16-15-12(10-17)5-4-11-6-7-13(18-2)9-14(11)15/h6-7,9,12,15-17H,3-5,8,10H2,1-2H3. The van der Waals surface area contributed by atoms with Crippen molar-refractivity contribution in [2.75, 3.05) is 20.3 Å². The van der Waals surface area contributed by atoms with Crippen molar-refractivity contribution in [3.05, 3.63) is 29.3 Å². The number of hydrogen-bond acceptors (Lipinski definition) is 3. The third kappa shape index (κ3) is 2.68. The molecule has 2 N–H and O–H groups in total. The summed E-state index contributed by atoms with van der Waals surface area (Å²) in [6.07, 6.45) is 3.21. The van der Waals surface area contributed by atoms with Gasteiger partial charge < -0.3 is 15.2 Å². The van der Waals surface area contributed by atoms with E-state index in [2.05, 4.69) is 24.4 Å². The Morgan fingerprint density at radius 2 is 2.28 bits per heavy atom. The molecular weight excluding hydrogens is 226 g/mol. The van der Waals surface area contributed by atoms with Gasteiger partial charge in [0.25, 0.3) is 0 Å². The van der Waals surface area contributed by atoms with Gasteiger partial charge in [0.2, 0.25) is 0 Å². The molecule has 0 saturated heterocycles. The quantitative estimate of drug-likeness (QED) is 0.841. The van der Waals surface area contributed by atoms with Crippen LogP contribution in [-0.2, 0) is 6.42 Å². The van der Waals surface area contributed by atoms with E-state index >= 15 is 0 Å². The van der Waals surface area contributed by atoms with Gasteiger partial charge in [-0.05, 0) is 49.1 Å². The van der Waals surface area contributed by atoms with E-state index in [0.717, 1.165) is 31.6 Å². The molecule has 3 nitrogen and oxygen atoms in total. The SMILES string of the molecule is CCCNC1c2cc(OC)ccc2CCC1CO. The minimum absolute atomic E-state index is 0.248. The highest BCUT2D eigenvalue weighted by Crippen LogP contribution is 2.36. The van der Waals surface area contributed by atoms with Gasteiger partial charge in [-0.2, -0.15) is 0 Å². The van der Waals surface area contributed by atoms with E-state index < -0.39 is 0 Å². The van der Waals surface area contributed by atoms with Crippen LogP contribution in [-0.4, -0.2) is 25.4 Å². The molecule has 2 unspecified atom stereocenters. The number of hydrogen-bond donors (Lipinski definition) is 2. The van der Waals surface area contributed by atoms with Crippen molar-refractivity contribution in [1.82, 2.24) is 5.32 Å². The summed E-state index contributed by atoms with van der Waals surface area (Å²) in [5.41, 5.74) is 2.68. The first-order chi connectivity index (χ1) is 8.80. The number of fused-ring (bicyclic) bond motifs is 1. The summed E-state index contributed by atoms with van der Waals surface area (Å²) in [7, 11) is 1.70. The van der Waals surface area contributed by atoms with E-state index in [4.69, 9.17) is 4.74 Å². The number of ether oxygens (including phenoxy) is 1. The summed E-state index contributed by atoms with van der Waals surface area (Å²) in [6.45, 7) is 3.39. The van der Waals surface area contributed by atoms with Crippen molar-refractivity contribution in [1.29, 1.82) is 0 Å². The zero-order valence-corrected chi connectivity index (χ0v) is 11.3. The first kappa shape index (κ1) is 13.4. The summed E-state index contributed by atoms with van der Waals surface area (Å²) in [5.74, 6) is 1.21. The average molecular weight is 249 g/mol. The first-order valence-corrected chi connectivity index (χ1v) is 6.81. The maximum absolute atomic E-state index is 9.54. The molecule has 0 spiro atoms. The van der Waals surface area contributed by atoms with Crippen LogP contribution in [0, 0.1) is 5.92 Å². The van der Waals surface area contributed by atoms with Gasteiger partial charge >= 0.3 is 0 Å². The van der Waals surface area contributed by atoms with Crippen LogP contribution >= 0.6 is 0 Å². The van der Waals surface area contributed by atoms with Gasteiger partial charge in [-0.15, -0.1) is 0 Å². The molecule has 1 aliphatic rings. The topological polar surface area (TPSA) is 41.5 Å². The van der Waals surface area contributed by atoms with Crippen molar-refractivity contribution in [3.63, 3.8) is 0 Å². The zero-order valence-electron chi connectivity index (χ0n) is 11.3. The van der Waals surface area contributed by atoms with Crippen molar-refractivity contribution in [3.8, 4) is 5.75 Å². The number of rotatable bonds is 5. The molecule has 1 aromatic carbocycles. The number of aliphatic hydroxyl groups is 1. The van der Waals surface area contributed by atoms with Gasteiger partial charge in [0.1, 0.15) is 5.75 Å². The smallest absolute Gasteiger partial charge is 0.119 e. The van der Waals surface area contributed by atoms with Crippen LogP contribution in [0.3, 0.4) is 0 Å². The minimum Gasteiger partial charge on any atom is -0.497 e. The molecule has 0 bridgehead atoms. The summed E-state index contributed by atoms with van der Waals surface area (Å²) < 4.78 is 5.31. The van der Waals surface area contributed by atoms with Crippen LogP contribution in [0.5, 0.6) is 5.75 Å². The molecule has 0 saturated carbocycles. The molecule has 100 valence electrons. The Kier molecular flexibility index (Phi) is 4.61. The number of methoxy groups -OCH3 is 1. The summed E-state index contributed by atoms with van der Waals surface area (Å²) in [6, 6.07) is 6.55. The van der Waals surface area contributed by atoms with Crippen molar-refractivity contribution < 1.29 is 9.84 Å². The molecule has 0 radical (unpaired) electrons. The van der Waals surface area contributed by atoms with Crippen LogP contribution in [0.4, 0.5) is 0 Å². The molecule has 0 aliphatic heterocycles. The lowest BCUT2D eigenvalue weighted by molar-refractivity contribution is 0.174. The Morgan fingerprint density at radius 1 is 1.44 bits per heavy atom. The third-order valence-electron chi connectivity index (χ3n) is 3.79. The predicted molar refractivity (Wildman–Crippen MR) is 72.9 cm³/mol. The van der Waals surface area contributed by atoms with Crippen molar-refractivity contribution in [2.24, 2.45) is 5.92 Å². The summed E-state index contributed by atoms with van der Waals surface area (Å²) in [4.78, 5) is 0. The van der Waals surface area contributed by atoms with Crippen LogP contribution in [0.15, 0.2) is 18.2 Å². The van der Waals surface area contributed by atoms with Gasteiger partial charge in [-0.3, -0.25) is 0 Å². The molecule has 2 rings (SSSR count). The lowest BCUT2D eigenvalue weighted by Crippen LogP contribution is -2.34. The lowest BCUT2D eigenvalue weighted by atomic mass is 9.80. The first-order valence-electron chi connectivity index (χ1n) is 6.81. The van der Waals surface area contributed by atoms with E-state index in [0.29, 0.717) is 5.92 Å². The predicted octanol–water partition coefficient (Wildman–Crippen LogP) is 2.29. The Labute approximate surface area is 109 Å². The number of benzene rings is 1. The molecule has 0 amide bonds. The Bertz CT molecular complexity index is 392. The maximum Gasteiger partial charge on any atom is 0.119 e. The highest BCUT2D eigenvalue weighted by atomic mass is 16.5. The molecular formula is C15H23NO2. The van der Waals surface area contributed by atoms with Crippen LogP contribution in [0.1, 0.15) is 36.9 Å². The van der Waals surface area contributed by atoms with Crippen LogP contribution < -0.4 is 10.1 Å². The number of aliphatic hydroxyl groups excluding tert-OH is 1. The largest absolute Gasteiger partial charge is 0.497 e. The molecule has 1 aromatic rings. The second-order valence-electron chi connectivity index (χ2n) is 4.98. The average Bonchev–Trinajstić information content (AvgIpc) is 2.43. The van der Waals surface area contributed by atoms with Crippen LogP contribution in [0.25, 0.3) is 0 Å². The Morgan fingerprint density at radius 3 is 2.94 bits per heavy atom. The highest BCUT2D eigenvalue weighted by molar-refractivity contribution is 5.39. The Hall–Kier alpha value is -1.06. The van der Waals surface area contributed by atoms with E-state index in [9.17, 15) is 5.11 Å². The number of aryl methyl sites for hydroxylation is 1. The summed E-state index contributed by atoms with van der Waals surface area (Å²) >= 11 is 0. The molecule has 1 aliphatic carbocycles. The fourth-order valence-corrected chi connectivity index (χ4v) is 2.75. The van der Waals surface area contributed by atoms with E-state index in [1.54, 1.807) is 7.11 Å². The monoisotopic (exact) mass is 249 g/mol. The normalized spacial score (nSPS) is 22.6. The molecule has 3 heteroatoms. The van der Waals surface area contributed by atoms with Gasteiger partial charge in [0.05, 0.1) is 7.11 Å². The fraction of sp³-hybridized carbons (Fsp3) is 0.600. The summed E-state index contributed by atoms with van der Waals surface area (Å²) in [5, 5.41) is 13.1. The van der Waals surface area contributed by atoms with Gasteiger partial charge in [-0.1, -0.05) is 13.0 Å². The van der Waals surface area contributed by atoms with E-state index in [1.165, 1.54) is 11.1 Å². The zero-order chi connectivity index (χ0) is 13.0. The van der Waals surface area contributed by atoms with Crippen molar-refractivity contribution >= 4 is 0 Å².